The first kappa shape index (κ1) is 19.7. The zero-order valence-corrected chi connectivity index (χ0v) is 17.0. The summed E-state index contributed by atoms with van der Waals surface area (Å²) in [5.41, 5.74) is 1.11. The Labute approximate surface area is 165 Å². The Hall–Kier alpha value is -1.62. The van der Waals surface area contributed by atoms with Crippen molar-refractivity contribution in [2.24, 2.45) is 12.0 Å². The van der Waals surface area contributed by atoms with Crippen LogP contribution >= 0.6 is 24.0 Å². The molecule has 1 aliphatic heterocycles. The van der Waals surface area contributed by atoms with Crippen LogP contribution in [0.25, 0.3) is 0 Å². The monoisotopic (exact) mass is 459 g/mol. The molecule has 1 saturated heterocycles. The van der Waals surface area contributed by atoms with Gasteiger partial charge < -0.3 is 19.5 Å². The maximum absolute atomic E-state index is 5.91. The van der Waals surface area contributed by atoms with Crippen molar-refractivity contribution < 1.29 is 4.74 Å². The molecule has 138 valence electrons. The standard InChI is InChI=1S/C16H25N7O.HI/c1-3-18-16(19-5-7-22-6-4-17-13-22)23-8-9-24-15(12-23)14-10-20-21(2)11-14;/h4,6,10-11,13,15H,3,5,7-9,12H2,1-2H3,(H,18,19);1H. The van der Waals surface area contributed by atoms with Crippen molar-refractivity contribution in [3.05, 3.63) is 36.7 Å². The van der Waals surface area contributed by atoms with Crippen molar-refractivity contribution in [2.75, 3.05) is 32.8 Å². The number of aryl methyl sites for hydroxylation is 1. The SMILES string of the molecule is CCNC(=NCCn1ccnc1)N1CCOC(c2cnn(C)c2)C1.I. The van der Waals surface area contributed by atoms with Gasteiger partial charge in [0.25, 0.3) is 0 Å². The molecule has 0 bridgehead atoms. The average molecular weight is 459 g/mol. The van der Waals surface area contributed by atoms with Gasteiger partial charge in [-0.3, -0.25) is 9.67 Å². The molecule has 9 heteroatoms. The number of morpholine rings is 1. The van der Waals surface area contributed by atoms with E-state index >= 15 is 0 Å². The van der Waals surface area contributed by atoms with Crippen LogP contribution in [0.3, 0.4) is 0 Å². The number of hydrogen-bond acceptors (Lipinski definition) is 4. The lowest BCUT2D eigenvalue weighted by Crippen LogP contribution is -2.48. The van der Waals surface area contributed by atoms with Crippen LogP contribution in [-0.4, -0.2) is 63.0 Å². The Morgan fingerprint density at radius 3 is 3.04 bits per heavy atom. The molecular weight excluding hydrogens is 433 g/mol. The van der Waals surface area contributed by atoms with Crippen molar-refractivity contribution >= 4 is 29.9 Å². The maximum Gasteiger partial charge on any atom is 0.194 e. The van der Waals surface area contributed by atoms with Gasteiger partial charge in [-0.2, -0.15) is 5.10 Å². The van der Waals surface area contributed by atoms with Crippen LogP contribution in [0.15, 0.2) is 36.1 Å². The molecule has 2 aromatic rings. The summed E-state index contributed by atoms with van der Waals surface area (Å²) in [6.45, 7) is 6.78. The van der Waals surface area contributed by atoms with Crippen LogP contribution in [0, 0.1) is 0 Å². The van der Waals surface area contributed by atoms with Gasteiger partial charge in [0.15, 0.2) is 5.96 Å². The maximum atomic E-state index is 5.91. The van der Waals surface area contributed by atoms with Crippen LogP contribution in [-0.2, 0) is 18.3 Å². The first-order valence-corrected chi connectivity index (χ1v) is 8.35. The van der Waals surface area contributed by atoms with Gasteiger partial charge in [-0.15, -0.1) is 24.0 Å². The fourth-order valence-electron chi connectivity index (χ4n) is 2.77. The minimum absolute atomic E-state index is 0. The van der Waals surface area contributed by atoms with Crippen LogP contribution in [0.4, 0.5) is 0 Å². The van der Waals surface area contributed by atoms with E-state index in [1.807, 2.05) is 41.2 Å². The van der Waals surface area contributed by atoms with Gasteiger partial charge in [0, 0.05) is 50.8 Å². The molecule has 0 spiro atoms. The first-order valence-electron chi connectivity index (χ1n) is 8.35. The lowest BCUT2D eigenvalue weighted by Gasteiger charge is -2.34. The smallest absolute Gasteiger partial charge is 0.194 e. The van der Waals surface area contributed by atoms with Crippen molar-refractivity contribution in [1.29, 1.82) is 0 Å². The van der Waals surface area contributed by atoms with E-state index in [-0.39, 0.29) is 30.1 Å². The number of hydrogen-bond donors (Lipinski definition) is 1. The molecule has 1 N–H and O–H groups in total. The largest absolute Gasteiger partial charge is 0.370 e. The van der Waals surface area contributed by atoms with E-state index in [0.717, 1.165) is 37.7 Å². The van der Waals surface area contributed by atoms with Gasteiger partial charge in [0.2, 0.25) is 0 Å². The van der Waals surface area contributed by atoms with Crippen LogP contribution in [0.1, 0.15) is 18.6 Å². The van der Waals surface area contributed by atoms with E-state index in [1.54, 1.807) is 6.20 Å². The molecule has 0 saturated carbocycles. The third-order valence-corrected chi connectivity index (χ3v) is 3.98. The van der Waals surface area contributed by atoms with Crippen molar-refractivity contribution in [3.63, 3.8) is 0 Å². The number of aliphatic imine (C=N–C) groups is 1. The van der Waals surface area contributed by atoms with Gasteiger partial charge in [-0.25, -0.2) is 4.98 Å². The van der Waals surface area contributed by atoms with Crippen molar-refractivity contribution in [3.8, 4) is 0 Å². The quantitative estimate of drug-likeness (QED) is 0.415. The summed E-state index contributed by atoms with van der Waals surface area (Å²) in [4.78, 5) is 11.1. The predicted molar refractivity (Wildman–Crippen MR) is 107 cm³/mol. The summed E-state index contributed by atoms with van der Waals surface area (Å²) < 4.78 is 9.75. The Balaban J connectivity index is 0.00000225. The lowest BCUT2D eigenvalue weighted by molar-refractivity contribution is -0.00804. The fourth-order valence-corrected chi connectivity index (χ4v) is 2.77. The normalized spacial score (nSPS) is 18.1. The average Bonchev–Trinajstić information content (AvgIpc) is 3.26. The molecule has 3 heterocycles. The highest BCUT2D eigenvalue weighted by molar-refractivity contribution is 14.0. The van der Waals surface area contributed by atoms with Gasteiger partial charge in [-0.05, 0) is 6.92 Å². The van der Waals surface area contributed by atoms with Gasteiger partial charge in [0.1, 0.15) is 6.10 Å². The van der Waals surface area contributed by atoms with E-state index < -0.39 is 0 Å². The lowest BCUT2D eigenvalue weighted by atomic mass is 10.1. The summed E-state index contributed by atoms with van der Waals surface area (Å²) >= 11 is 0. The highest BCUT2D eigenvalue weighted by Gasteiger charge is 2.25. The van der Waals surface area contributed by atoms with Gasteiger partial charge in [-0.1, -0.05) is 0 Å². The van der Waals surface area contributed by atoms with E-state index in [9.17, 15) is 0 Å². The highest BCUT2D eigenvalue weighted by atomic mass is 127. The highest BCUT2D eigenvalue weighted by Crippen LogP contribution is 2.21. The minimum Gasteiger partial charge on any atom is -0.370 e. The molecule has 25 heavy (non-hydrogen) atoms. The molecule has 1 fully saturated rings. The number of ether oxygens (including phenoxy) is 1. The number of nitrogens with one attached hydrogen (secondary N) is 1. The summed E-state index contributed by atoms with van der Waals surface area (Å²) in [6, 6.07) is 0. The topological polar surface area (TPSA) is 72.5 Å². The number of aromatic nitrogens is 4. The zero-order valence-electron chi connectivity index (χ0n) is 14.7. The molecule has 1 aliphatic rings. The second-order valence-electron chi connectivity index (χ2n) is 5.79. The number of rotatable bonds is 5. The Morgan fingerprint density at radius 2 is 2.36 bits per heavy atom. The molecule has 0 aliphatic carbocycles. The fraction of sp³-hybridized carbons (Fsp3) is 0.562. The van der Waals surface area contributed by atoms with Crippen LogP contribution in [0.5, 0.6) is 0 Å². The molecule has 8 nitrogen and oxygen atoms in total. The molecule has 1 atom stereocenters. The third-order valence-electron chi connectivity index (χ3n) is 3.98. The summed E-state index contributed by atoms with van der Waals surface area (Å²) in [5, 5.41) is 7.62. The molecule has 0 aromatic carbocycles. The first-order chi connectivity index (χ1) is 11.8. The van der Waals surface area contributed by atoms with E-state index in [4.69, 9.17) is 9.73 Å². The van der Waals surface area contributed by atoms with Crippen molar-refractivity contribution in [2.45, 2.75) is 19.6 Å². The van der Waals surface area contributed by atoms with E-state index in [2.05, 4.69) is 27.2 Å². The van der Waals surface area contributed by atoms with Crippen LogP contribution < -0.4 is 5.32 Å². The summed E-state index contributed by atoms with van der Waals surface area (Å²) in [5.74, 6) is 0.940. The number of nitrogens with zero attached hydrogens (tertiary/aromatic N) is 6. The van der Waals surface area contributed by atoms with Crippen LogP contribution in [0.2, 0.25) is 0 Å². The van der Waals surface area contributed by atoms with E-state index in [0.29, 0.717) is 13.2 Å². The molecule has 0 amide bonds. The Kier molecular flexibility index (Phi) is 7.69. The molecular formula is C16H26IN7O. The number of guanidine groups is 1. The number of imidazole rings is 1. The second-order valence-corrected chi connectivity index (χ2v) is 5.79. The second kappa shape index (κ2) is 9.76. The van der Waals surface area contributed by atoms with Gasteiger partial charge in [0.05, 0.1) is 32.2 Å². The molecule has 3 rings (SSSR count). The molecule has 1 unspecified atom stereocenters. The third kappa shape index (κ3) is 5.43. The number of halogens is 1. The van der Waals surface area contributed by atoms with Gasteiger partial charge >= 0.3 is 0 Å². The predicted octanol–water partition coefficient (Wildman–Crippen LogP) is 1.27. The Morgan fingerprint density at radius 1 is 1.48 bits per heavy atom. The molecule has 2 aromatic heterocycles. The summed E-state index contributed by atoms with van der Waals surface area (Å²) in [7, 11) is 1.92. The van der Waals surface area contributed by atoms with Crippen molar-refractivity contribution in [1.82, 2.24) is 29.5 Å². The zero-order chi connectivity index (χ0) is 16.8. The van der Waals surface area contributed by atoms with E-state index in [1.165, 1.54) is 0 Å². The minimum atomic E-state index is 0. The summed E-state index contributed by atoms with van der Waals surface area (Å²) in [6.07, 6.45) is 9.47. The molecule has 0 radical (unpaired) electrons. The Bertz CT molecular complexity index is 655.